The molecule has 0 saturated carbocycles. The summed E-state index contributed by atoms with van der Waals surface area (Å²) in [5, 5.41) is 2.69. The normalized spacial score (nSPS) is 18.2. The van der Waals surface area contributed by atoms with Crippen LogP contribution in [0.3, 0.4) is 0 Å². The highest BCUT2D eigenvalue weighted by Crippen LogP contribution is 2.29. The van der Waals surface area contributed by atoms with E-state index in [1.54, 1.807) is 11.9 Å². The highest BCUT2D eigenvalue weighted by molar-refractivity contribution is 5.88. The van der Waals surface area contributed by atoms with Gasteiger partial charge in [-0.1, -0.05) is 0 Å². The third-order valence-electron chi connectivity index (χ3n) is 3.62. The smallest absolute Gasteiger partial charge is 0.241 e. The lowest BCUT2D eigenvalue weighted by Crippen LogP contribution is -2.51. The van der Waals surface area contributed by atoms with Crippen LogP contribution in [0, 0.1) is 5.41 Å². The molecule has 0 aromatic rings. The van der Waals surface area contributed by atoms with Crippen molar-refractivity contribution < 1.29 is 14.3 Å². The molecule has 0 bridgehead atoms. The minimum Gasteiger partial charge on any atom is -0.381 e. The Kier molecular flexibility index (Phi) is 5.55. The average Bonchev–Trinajstić information content (AvgIpc) is 2.43. The van der Waals surface area contributed by atoms with Crippen molar-refractivity contribution in [2.45, 2.75) is 19.8 Å². The first-order chi connectivity index (χ1) is 8.55. The summed E-state index contributed by atoms with van der Waals surface area (Å²) in [6.45, 7) is 3.94. The van der Waals surface area contributed by atoms with Crippen LogP contribution in [0.1, 0.15) is 19.8 Å². The van der Waals surface area contributed by atoms with Gasteiger partial charge in [0.1, 0.15) is 0 Å². The first-order valence-corrected chi connectivity index (χ1v) is 6.36. The topological polar surface area (TPSA) is 84.7 Å². The van der Waals surface area contributed by atoms with Crippen molar-refractivity contribution in [3.63, 3.8) is 0 Å². The molecule has 0 radical (unpaired) electrons. The fourth-order valence-corrected chi connectivity index (χ4v) is 1.94. The molecule has 1 saturated heterocycles. The van der Waals surface area contributed by atoms with Gasteiger partial charge in [-0.2, -0.15) is 0 Å². The highest BCUT2D eigenvalue weighted by atomic mass is 16.5. The largest absolute Gasteiger partial charge is 0.381 e. The second-order valence-electron chi connectivity index (χ2n) is 4.69. The van der Waals surface area contributed by atoms with Gasteiger partial charge in [0.25, 0.3) is 0 Å². The third-order valence-corrected chi connectivity index (χ3v) is 3.62. The van der Waals surface area contributed by atoms with E-state index < -0.39 is 5.41 Å². The number of hydrogen-bond donors (Lipinski definition) is 2. The molecule has 6 nitrogen and oxygen atoms in total. The maximum absolute atomic E-state index is 12.1. The number of carbonyl (C=O) groups excluding carboxylic acids is 2. The minimum atomic E-state index is -0.566. The van der Waals surface area contributed by atoms with Crippen LogP contribution in [0.15, 0.2) is 0 Å². The Hall–Kier alpha value is -1.14. The minimum absolute atomic E-state index is 0.0335. The van der Waals surface area contributed by atoms with Gasteiger partial charge in [-0.15, -0.1) is 0 Å². The molecule has 0 aromatic heterocycles. The van der Waals surface area contributed by atoms with Gasteiger partial charge in [0, 0.05) is 33.4 Å². The summed E-state index contributed by atoms with van der Waals surface area (Å²) in [7, 11) is 1.71. The van der Waals surface area contributed by atoms with E-state index in [0.717, 1.165) is 0 Å². The van der Waals surface area contributed by atoms with E-state index in [1.165, 1.54) is 0 Å². The molecule has 1 rings (SSSR count). The Balaban J connectivity index is 2.50. The fraction of sp³-hybridized carbons (Fsp3) is 0.833. The molecule has 2 amide bonds. The van der Waals surface area contributed by atoms with E-state index in [4.69, 9.17) is 10.5 Å². The van der Waals surface area contributed by atoms with Gasteiger partial charge in [-0.25, -0.2) is 0 Å². The van der Waals surface area contributed by atoms with E-state index in [2.05, 4.69) is 5.32 Å². The summed E-state index contributed by atoms with van der Waals surface area (Å²) in [5.74, 6) is -0.226. The number of rotatable bonds is 5. The molecule has 1 aliphatic heterocycles. The predicted octanol–water partition coefficient (Wildman–Crippen LogP) is -0.664. The van der Waals surface area contributed by atoms with Gasteiger partial charge in [0.2, 0.25) is 11.8 Å². The van der Waals surface area contributed by atoms with Crippen LogP contribution in [0.4, 0.5) is 0 Å². The molecule has 0 aliphatic carbocycles. The summed E-state index contributed by atoms with van der Waals surface area (Å²) in [4.78, 5) is 25.3. The molecular weight excluding hydrogens is 234 g/mol. The quantitative estimate of drug-likeness (QED) is 0.684. The summed E-state index contributed by atoms with van der Waals surface area (Å²) >= 11 is 0. The number of nitrogens with two attached hydrogens (primary N) is 1. The molecule has 3 N–H and O–H groups in total. The van der Waals surface area contributed by atoms with E-state index in [1.807, 2.05) is 6.92 Å². The van der Waals surface area contributed by atoms with Crippen LogP contribution in [0.5, 0.6) is 0 Å². The molecule has 0 aromatic carbocycles. The zero-order chi connectivity index (χ0) is 13.6. The van der Waals surface area contributed by atoms with Crippen LogP contribution in [0.2, 0.25) is 0 Å². The molecule has 6 heteroatoms. The molecular formula is C12H23N3O3. The van der Waals surface area contributed by atoms with Crippen molar-refractivity contribution in [2.24, 2.45) is 11.1 Å². The number of ether oxygens (including phenoxy) is 1. The Morgan fingerprint density at radius 1 is 1.39 bits per heavy atom. The maximum atomic E-state index is 12.1. The Labute approximate surface area is 108 Å². The summed E-state index contributed by atoms with van der Waals surface area (Å²) in [6, 6.07) is 0. The van der Waals surface area contributed by atoms with Crippen molar-refractivity contribution >= 4 is 11.8 Å². The Bertz CT molecular complexity index is 301. The maximum Gasteiger partial charge on any atom is 0.241 e. The van der Waals surface area contributed by atoms with Gasteiger partial charge >= 0.3 is 0 Å². The predicted molar refractivity (Wildman–Crippen MR) is 67.9 cm³/mol. The van der Waals surface area contributed by atoms with E-state index in [-0.39, 0.29) is 18.4 Å². The lowest BCUT2D eigenvalue weighted by molar-refractivity contribution is -0.139. The monoisotopic (exact) mass is 257 g/mol. The van der Waals surface area contributed by atoms with E-state index in [9.17, 15) is 9.59 Å². The van der Waals surface area contributed by atoms with Crippen molar-refractivity contribution in [3.8, 4) is 0 Å². The number of hydrogen-bond acceptors (Lipinski definition) is 4. The van der Waals surface area contributed by atoms with Crippen molar-refractivity contribution in [2.75, 3.05) is 39.9 Å². The third kappa shape index (κ3) is 3.43. The van der Waals surface area contributed by atoms with Gasteiger partial charge < -0.3 is 20.7 Å². The van der Waals surface area contributed by atoms with Crippen LogP contribution in [-0.2, 0) is 14.3 Å². The number of likely N-dealkylation sites (N-methyl/N-ethyl adjacent to an activating group) is 1. The summed E-state index contributed by atoms with van der Waals surface area (Å²) < 4.78 is 5.25. The average molecular weight is 257 g/mol. The Morgan fingerprint density at radius 2 is 2.00 bits per heavy atom. The molecule has 1 heterocycles. The molecule has 1 fully saturated rings. The SMILES string of the molecule is CCN(C)C(=O)CNC(=O)C1(CN)CCOCC1. The number of nitrogens with zero attached hydrogens (tertiary/aromatic N) is 1. The van der Waals surface area contributed by atoms with Gasteiger partial charge in [-0.05, 0) is 19.8 Å². The first-order valence-electron chi connectivity index (χ1n) is 6.36. The van der Waals surface area contributed by atoms with Crippen LogP contribution in [-0.4, -0.2) is 56.6 Å². The van der Waals surface area contributed by atoms with Crippen molar-refractivity contribution in [1.82, 2.24) is 10.2 Å². The van der Waals surface area contributed by atoms with Gasteiger partial charge in [-0.3, -0.25) is 9.59 Å². The number of amides is 2. The van der Waals surface area contributed by atoms with Crippen LogP contribution in [0.25, 0.3) is 0 Å². The zero-order valence-corrected chi connectivity index (χ0v) is 11.2. The molecule has 0 atom stereocenters. The zero-order valence-electron chi connectivity index (χ0n) is 11.2. The standard InChI is InChI=1S/C12H23N3O3/c1-3-15(2)10(16)8-14-11(17)12(9-13)4-6-18-7-5-12/h3-9,13H2,1-2H3,(H,14,17). The molecule has 0 spiro atoms. The molecule has 0 unspecified atom stereocenters. The van der Waals surface area contributed by atoms with Crippen LogP contribution >= 0.6 is 0 Å². The lowest BCUT2D eigenvalue weighted by Gasteiger charge is -2.34. The Morgan fingerprint density at radius 3 is 2.50 bits per heavy atom. The number of nitrogens with one attached hydrogen (secondary N) is 1. The van der Waals surface area contributed by atoms with Gasteiger partial charge in [0.15, 0.2) is 0 Å². The molecule has 18 heavy (non-hydrogen) atoms. The van der Waals surface area contributed by atoms with E-state index >= 15 is 0 Å². The number of carbonyl (C=O) groups is 2. The van der Waals surface area contributed by atoms with Crippen molar-refractivity contribution in [1.29, 1.82) is 0 Å². The fourth-order valence-electron chi connectivity index (χ4n) is 1.94. The molecule has 104 valence electrons. The second kappa shape index (κ2) is 6.70. The first kappa shape index (κ1) is 14.9. The highest BCUT2D eigenvalue weighted by Gasteiger charge is 2.38. The summed E-state index contributed by atoms with van der Waals surface area (Å²) in [5.41, 5.74) is 5.15. The molecule has 1 aliphatic rings. The van der Waals surface area contributed by atoms with Crippen molar-refractivity contribution in [3.05, 3.63) is 0 Å². The van der Waals surface area contributed by atoms with E-state index in [0.29, 0.717) is 39.1 Å². The van der Waals surface area contributed by atoms with Gasteiger partial charge in [0.05, 0.1) is 12.0 Å². The van der Waals surface area contributed by atoms with Crippen LogP contribution < -0.4 is 11.1 Å². The second-order valence-corrected chi connectivity index (χ2v) is 4.69. The lowest BCUT2D eigenvalue weighted by atomic mass is 9.79. The summed E-state index contributed by atoms with van der Waals surface area (Å²) in [6.07, 6.45) is 1.24.